The highest BCUT2D eigenvalue weighted by Crippen LogP contribution is 2.52. The van der Waals surface area contributed by atoms with Crippen molar-refractivity contribution < 1.29 is 4.42 Å². The van der Waals surface area contributed by atoms with Crippen LogP contribution in [0.25, 0.3) is 198 Å². The molecule has 5 heterocycles. The Balaban J connectivity index is 0.749. The Bertz CT molecular complexity index is 7260. The molecule has 9 heteroatoms. The Kier molecular flexibility index (Phi) is 10.5. The summed E-state index contributed by atoms with van der Waals surface area (Å²) in [6.07, 6.45) is 0. The number of hydrogen-bond acceptors (Lipinski definition) is 5. The van der Waals surface area contributed by atoms with E-state index < -0.39 is 0 Å². The van der Waals surface area contributed by atoms with Crippen molar-refractivity contribution in [3.05, 3.63) is 289 Å². The van der Waals surface area contributed by atoms with Gasteiger partial charge in [-0.3, -0.25) is 0 Å². The minimum atomic E-state index is 0.424. The third kappa shape index (κ3) is 7.00. The fraction of sp³-hybridized carbons (Fsp3) is 0. The lowest BCUT2D eigenvalue weighted by Gasteiger charge is -2.17. The standard InChI is InChI=1S/C88H44N8O/c89-45-53-38-79(54(46-90)37-77(53)93-73-26-11-8-21-65(73)86-57-16-3-1-14-49(57)30-34-75(86)93)95-72-25-10-7-20-61(72)68-44-84-69(43-82(68)95)63-33-29-52(41-83(63)97-84)51-28-32-62-71-42-70-60-19-6-5-18-59(60)64-23-13-24-67(85(64)70)88(71)96(81(62)36-51)80-40-55(47-91)78(39-56(80)48-92)94-74-27-12-9-22-66(74)87-58-17-4-2-15-50(58)31-35-76(87)94/h1-44H. The first-order valence-corrected chi connectivity index (χ1v) is 32.3. The van der Waals surface area contributed by atoms with Crippen LogP contribution in [0.1, 0.15) is 22.3 Å². The Morgan fingerprint density at radius 2 is 0.670 bits per heavy atom. The zero-order chi connectivity index (χ0) is 64.1. The number of rotatable bonds is 5. The van der Waals surface area contributed by atoms with Crippen LogP contribution in [0.5, 0.6) is 0 Å². The number of hydrogen-bond donors (Lipinski definition) is 0. The predicted octanol–water partition coefficient (Wildman–Crippen LogP) is 22.2. The summed E-state index contributed by atoms with van der Waals surface area (Å²) in [6, 6.07) is 103. The molecule has 15 aromatic carbocycles. The van der Waals surface area contributed by atoms with E-state index in [4.69, 9.17) is 4.42 Å². The van der Waals surface area contributed by atoms with Gasteiger partial charge < -0.3 is 22.7 Å². The monoisotopic (exact) mass is 1230 g/mol. The molecule has 442 valence electrons. The first kappa shape index (κ1) is 52.6. The van der Waals surface area contributed by atoms with Crippen molar-refractivity contribution in [2.45, 2.75) is 0 Å². The van der Waals surface area contributed by atoms with Crippen molar-refractivity contribution in [2.75, 3.05) is 0 Å². The lowest BCUT2D eigenvalue weighted by Crippen LogP contribution is -2.04. The van der Waals surface area contributed by atoms with Crippen LogP contribution in [0.15, 0.2) is 271 Å². The lowest BCUT2D eigenvalue weighted by molar-refractivity contribution is 0.669. The molecule has 0 aliphatic heterocycles. The third-order valence-corrected chi connectivity index (χ3v) is 20.8. The van der Waals surface area contributed by atoms with Gasteiger partial charge in [-0.2, -0.15) is 21.0 Å². The second-order valence-corrected chi connectivity index (χ2v) is 25.5. The number of para-hydroxylation sites is 3. The van der Waals surface area contributed by atoms with Gasteiger partial charge in [-0.15, -0.1) is 0 Å². The highest BCUT2D eigenvalue weighted by molar-refractivity contribution is 6.29. The maximum atomic E-state index is 11.6. The fourth-order valence-electron chi connectivity index (χ4n) is 16.7. The summed E-state index contributed by atoms with van der Waals surface area (Å²) in [5, 5.41) is 62.3. The number of nitriles is 4. The summed E-state index contributed by atoms with van der Waals surface area (Å²) in [5.74, 6) is 0. The van der Waals surface area contributed by atoms with E-state index in [2.05, 4.69) is 249 Å². The van der Waals surface area contributed by atoms with E-state index in [1.165, 1.54) is 11.1 Å². The molecule has 97 heavy (non-hydrogen) atoms. The van der Waals surface area contributed by atoms with Crippen LogP contribution in [0, 0.1) is 45.3 Å². The van der Waals surface area contributed by atoms with Crippen molar-refractivity contribution in [1.29, 1.82) is 21.0 Å². The number of furan rings is 1. The molecule has 0 saturated carbocycles. The zero-order valence-electron chi connectivity index (χ0n) is 51.4. The highest BCUT2D eigenvalue weighted by atomic mass is 16.3. The summed E-state index contributed by atoms with van der Waals surface area (Å²) in [6.45, 7) is 0. The molecule has 0 saturated heterocycles. The number of aromatic nitrogens is 4. The van der Waals surface area contributed by atoms with Crippen molar-refractivity contribution in [1.82, 2.24) is 18.3 Å². The van der Waals surface area contributed by atoms with Crippen molar-refractivity contribution in [3.8, 4) is 80.4 Å². The second-order valence-electron chi connectivity index (χ2n) is 25.5. The molecule has 21 rings (SSSR count). The quantitative estimate of drug-likeness (QED) is 0.170. The molecular formula is C88H44N8O. The Hall–Kier alpha value is -14.0. The van der Waals surface area contributed by atoms with Crippen LogP contribution in [0.3, 0.4) is 0 Å². The van der Waals surface area contributed by atoms with Gasteiger partial charge in [-0.25, -0.2) is 0 Å². The van der Waals surface area contributed by atoms with Crippen LogP contribution in [-0.4, -0.2) is 18.3 Å². The molecule has 0 fully saturated rings. The molecule has 0 N–H and O–H groups in total. The van der Waals surface area contributed by atoms with E-state index in [9.17, 15) is 21.0 Å². The molecule has 0 amide bonds. The summed E-state index contributed by atoms with van der Waals surface area (Å²) >= 11 is 0. The van der Waals surface area contributed by atoms with Crippen molar-refractivity contribution >= 4 is 141 Å². The molecule has 1 aliphatic carbocycles. The van der Waals surface area contributed by atoms with Crippen LogP contribution in [0.4, 0.5) is 0 Å². The molecule has 9 nitrogen and oxygen atoms in total. The normalized spacial score (nSPS) is 12.1. The van der Waals surface area contributed by atoms with Crippen LogP contribution >= 0.6 is 0 Å². The first-order valence-electron chi connectivity index (χ1n) is 32.3. The van der Waals surface area contributed by atoms with Gasteiger partial charge in [0.2, 0.25) is 0 Å². The van der Waals surface area contributed by atoms with E-state index >= 15 is 0 Å². The van der Waals surface area contributed by atoms with Crippen LogP contribution in [-0.2, 0) is 0 Å². The van der Waals surface area contributed by atoms with E-state index in [1.807, 2.05) is 60.7 Å². The van der Waals surface area contributed by atoms with Crippen LogP contribution in [0.2, 0.25) is 0 Å². The van der Waals surface area contributed by atoms with E-state index in [-0.39, 0.29) is 0 Å². The minimum Gasteiger partial charge on any atom is -0.456 e. The van der Waals surface area contributed by atoms with Gasteiger partial charge in [0.25, 0.3) is 0 Å². The maximum Gasteiger partial charge on any atom is 0.136 e. The smallest absolute Gasteiger partial charge is 0.136 e. The van der Waals surface area contributed by atoms with Crippen molar-refractivity contribution in [3.63, 3.8) is 0 Å². The Labute approximate surface area is 551 Å². The molecule has 0 atom stereocenters. The summed E-state index contributed by atoms with van der Waals surface area (Å²) < 4.78 is 15.6. The molecule has 0 radical (unpaired) electrons. The minimum absolute atomic E-state index is 0.424. The maximum absolute atomic E-state index is 11.6. The second kappa shape index (κ2) is 19.3. The van der Waals surface area contributed by atoms with Gasteiger partial charge in [0.15, 0.2) is 0 Å². The van der Waals surface area contributed by atoms with Gasteiger partial charge in [0.1, 0.15) is 35.4 Å². The average molecular weight is 1230 g/mol. The van der Waals surface area contributed by atoms with Gasteiger partial charge in [-0.1, -0.05) is 176 Å². The van der Waals surface area contributed by atoms with Crippen molar-refractivity contribution in [2.24, 2.45) is 0 Å². The summed E-state index contributed by atoms with van der Waals surface area (Å²) in [7, 11) is 0. The van der Waals surface area contributed by atoms with E-state index in [1.54, 1.807) is 0 Å². The molecule has 0 spiro atoms. The van der Waals surface area contributed by atoms with Gasteiger partial charge >= 0.3 is 0 Å². The molecule has 5 aromatic heterocycles. The topological polar surface area (TPSA) is 128 Å². The lowest BCUT2D eigenvalue weighted by atomic mass is 9.98. The van der Waals surface area contributed by atoms with Crippen LogP contribution < -0.4 is 0 Å². The molecule has 1 aliphatic rings. The zero-order valence-corrected chi connectivity index (χ0v) is 51.4. The first-order chi connectivity index (χ1) is 47.9. The predicted molar refractivity (Wildman–Crippen MR) is 392 cm³/mol. The van der Waals surface area contributed by atoms with Gasteiger partial charge in [-0.05, 0) is 151 Å². The molecular weight excluding hydrogens is 1190 g/mol. The largest absolute Gasteiger partial charge is 0.456 e. The van der Waals surface area contributed by atoms with Gasteiger partial charge in [0.05, 0.1) is 89.1 Å². The molecule has 20 aromatic rings. The Morgan fingerprint density at radius 1 is 0.237 bits per heavy atom. The molecule has 0 unspecified atom stereocenters. The van der Waals surface area contributed by atoms with Gasteiger partial charge in [0, 0.05) is 59.2 Å². The summed E-state index contributed by atoms with van der Waals surface area (Å²) in [5.41, 5.74) is 19.6. The average Bonchev–Trinajstić information content (AvgIpc) is 1.57. The summed E-state index contributed by atoms with van der Waals surface area (Å²) in [4.78, 5) is 0. The number of fused-ring (bicyclic) bond motifs is 23. The fourth-order valence-corrected chi connectivity index (χ4v) is 16.7. The number of nitrogens with zero attached hydrogens (tertiary/aromatic N) is 8. The molecule has 0 bridgehead atoms. The highest BCUT2D eigenvalue weighted by Gasteiger charge is 2.29. The third-order valence-electron chi connectivity index (χ3n) is 20.8. The SMILES string of the molecule is N#Cc1cc(-n2c3ccccc3c3c4ccccc4ccc32)c(C#N)cc1-n1c2ccccc2c2cc3oc4cc(-c5ccc6c7cc8c9c(cccc9c7n(-c7cc(C#N)c(-n9c%10ccccc%10c%10c%11ccccc%11ccc%109)cc7C#N)c6c5)-c5ccccc5-8)ccc4c3cc21. The van der Waals surface area contributed by atoms with E-state index in [0.29, 0.717) is 56.2 Å². The van der Waals surface area contributed by atoms with E-state index in [0.717, 1.165) is 153 Å². The number of benzene rings is 15. The Morgan fingerprint density at radius 3 is 1.26 bits per heavy atom.